The summed E-state index contributed by atoms with van der Waals surface area (Å²) in [5.74, 6) is -0.544. The smallest absolute Gasteiger partial charge is 0.190 e. The monoisotopic (exact) mass is 343 g/mol. The van der Waals surface area contributed by atoms with Crippen LogP contribution >= 0.6 is 0 Å². The summed E-state index contributed by atoms with van der Waals surface area (Å²) in [6.45, 7) is 0.534. The molecule has 0 saturated carbocycles. The summed E-state index contributed by atoms with van der Waals surface area (Å²) in [7, 11) is 0. The lowest BCUT2D eigenvalue weighted by molar-refractivity contribution is 0.404. The van der Waals surface area contributed by atoms with Crippen LogP contribution in [0.25, 0.3) is 22.2 Å². The minimum Gasteiger partial charge on any atom is -0.504 e. The van der Waals surface area contributed by atoms with E-state index in [1.54, 1.807) is 6.07 Å². The molecular weight excluding hydrogens is 326 g/mol. The van der Waals surface area contributed by atoms with E-state index in [0.29, 0.717) is 17.4 Å². The van der Waals surface area contributed by atoms with Crippen LogP contribution in [-0.4, -0.2) is 14.8 Å². The zero-order valence-electron chi connectivity index (χ0n) is 14.0. The number of phenols is 2. The Balaban J connectivity index is 2.05. The molecule has 0 fully saturated rings. The second-order valence-corrected chi connectivity index (χ2v) is 6.19. The van der Waals surface area contributed by atoms with Gasteiger partial charge in [0.15, 0.2) is 16.9 Å². The normalized spacial score (nSPS) is 10.9. The molecule has 4 nitrogen and oxygen atoms in total. The molecule has 0 aliphatic carbocycles. The van der Waals surface area contributed by atoms with Crippen molar-refractivity contribution in [3.63, 3.8) is 0 Å². The van der Waals surface area contributed by atoms with Gasteiger partial charge in [-0.2, -0.15) is 0 Å². The summed E-state index contributed by atoms with van der Waals surface area (Å²) in [6, 6.07) is 23.9. The summed E-state index contributed by atoms with van der Waals surface area (Å²) in [6.07, 6.45) is 0. The van der Waals surface area contributed by atoms with Crippen molar-refractivity contribution in [2.75, 3.05) is 0 Å². The Morgan fingerprint density at radius 3 is 2.08 bits per heavy atom. The summed E-state index contributed by atoms with van der Waals surface area (Å²) in [5.41, 5.74) is 3.13. The fraction of sp³-hybridized carbons (Fsp3) is 0.0455. The molecule has 0 radical (unpaired) electrons. The van der Waals surface area contributed by atoms with Gasteiger partial charge in [0.05, 0.1) is 11.2 Å². The molecule has 0 unspecified atom stereocenters. The third kappa shape index (κ3) is 2.82. The SMILES string of the molecule is O=c1cc(-c2ccccc2)n(Cc2ccccc2)c2cc(O)c(O)cc12. The Morgan fingerprint density at radius 2 is 1.38 bits per heavy atom. The maximum Gasteiger partial charge on any atom is 0.190 e. The predicted octanol–water partition coefficient (Wildman–Crippen LogP) is 4.13. The fourth-order valence-electron chi connectivity index (χ4n) is 3.18. The van der Waals surface area contributed by atoms with E-state index >= 15 is 0 Å². The predicted molar refractivity (Wildman–Crippen MR) is 103 cm³/mol. The van der Waals surface area contributed by atoms with Gasteiger partial charge in [-0.05, 0) is 17.2 Å². The van der Waals surface area contributed by atoms with E-state index in [-0.39, 0.29) is 16.9 Å². The van der Waals surface area contributed by atoms with Crippen molar-refractivity contribution < 1.29 is 10.2 Å². The first-order valence-electron chi connectivity index (χ1n) is 8.32. The molecule has 128 valence electrons. The molecule has 4 aromatic rings. The summed E-state index contributed by atoms with van der Waals surface area (Å²) >= 11 is 0. The Labute approximate surface area is 150 Å². The standard InChI is InChI=1S/C22H17NO3/c24-20-12-18(16-9-5-2-6-10-16)23(14-15-7-3-1-4-8-15)19-13-22(26)21(25)11-17(19)20/h1-13,25-26H,14H2. The second kappa shape index (κ2) is 6.41. The largest absolute Gasteiger partial charge is 0.504 e. The highest BCUT2D eigenvalue weighted by atomic mass is 16.3. The van der Waals surface area contributed by atoms with Crippen LogP contribution < -0.4 is 5.43 Å². The van der Waals surface area contributed by atoms with Gasteiger partial charge < -0.3 is 14.8 Å². The van der Waals surface area contributed by atoms with E-state index in [0.717, 1.165) is 16.8 Å². The first-order valence-corrected chi connectivity index (χ1v) is 8.32. The third-order valence-electron chi connectivity index (χ3n) is 4.46. The van der Waals surface area contributed by atoms with Crippen LogP contribution in [0.1, 0.15) is 5.56 Å². The van der Waals surface area contributed by atoms with Crippen LogP contribution in [0.2, 0.25) is 0 Å². The van der Waals surface area contributed by atoms with Crippen molar-refractivity contribution in [2.24, 2.45) is 0 Å². The zero-order valence-corrected chi connectivity index (χ0v) is 14.0. The zero-order chi connectivity index (χ0) is 18.1. The van der Waals surface area contributed by atoms with Gasteiger partial charge in [0.2, 0.25) is 0 Å². The third-order valence-corrected chi connectivity index (χ3v) is 4.46. The lowest BCUT2D eigenvalue weighted by Crippen LogP contribution is -2.12. The number of pyridine rings is 1. The number of aromatic nitrogens is 1. The van der Waals surface area contributed by atoms with E-state index in [1.165, 1.54) is 12.1 Å². The first kappa shape index (κ1) is 16.0. The Hall–Kier alpha value is -3.53. The highest BCUT2D eigenvalue weighted by molar-refractivity contribution is 5.85. The van der Waals surface area contributed by atoms with Crippen LogP contribution in [0, 0.1) is 0 Å². The number of phenolic OH excluding ortho intramolecular Hbond substituents is 2. The Bertz CT molecular complexity index is 1130. The first-order chi connectivity index (χ1) is 12.6. The average Bonchev–Trinajstić information content (AvgIpc) is 2.67. The van der Waals surface area contributed by atoms with Crippen molar-refractivity contribution in [2.45, 2.75) is 6.54 Å². The summed E-state index contributed by atoms with van der Waals surface area (Å²) < 4.78 is 1.99. The van der Waals surface area contributed by atoms with Crippen LogP contribution in [0.3, 0.4) is 0 Å². The summed E-state index contributed by atoms with van der Waals surface area (Å²) in [4.78, 5) is 12.6. The van der Waals surface area contributed by atoms with E-state index in [9.17, 15) is 15.0 Å². The highest BCUT2D eigenvalue weighted by Gasteiger charge is 2.14. The number of aromatic hydroxyl groups is 2. The minimum absolute atomic E-state index is 0.196. The van der Waals surface area contributed by atoms with Gasteiger partial charge in [-0.25, -0.2) is 0 Å². The molecule has 1 aromatic heterocycles. The molecular formula is C22H17NO3. The Morgan fingerprint density at radius 1 is 0.769 bits per heavy atom. The van der Waals surface area contributed by atoms with Gasteiger partial charge >= 0.3 is 0 Å². The molecule has 3 aromatic carbocycles. The molecule has 0 aliphatic heterocycles. The summed E-state index contributed by atoms with van der Waals surface area (Å²) in [5, 5.41) is 20.2. The van der Waals surface area contributed by atoms with Crippen molar-refractivity contribution in [3.8, 4) is 22.8 Å². The van der Waals surface area contributed by atoms with Gasteiger partial charge in [0.1, 0.15) is 0 Å². The molecule has 4 rings (SSSR count). The molecule has 1 heterocycles. The lowest BCUT2D eigenvalue weighted by atomic mass is 10.1. The number of benzene rings is 3. The maximum atomic E-state index is 12.6. The van der Waals surface area contributed by atoms with Crippen LogP contribution in [0.4, 0.5) is 0 Å². The number of rotatable bonds is 3. The Kier molecular flexibility index (Phi) is 3.93. The van der Waals surface area contributed by atoms with Crippen LogP contribution in [0.5, 0.6) is 11.5 Å². The van der Waals surface area contributed by atoms with Gasteiger partial charge in [-0.1, -0.05) is 60.7 Å². The fourth-order valence-corrected chi connectivity index (χ4v) is 3.18. The lowest BCUT2D eigenvalue weighted by Gasteiger charge is -2.18. The quantitative estimate of drug-likeness (QED) is 0.550. The minimum atomic E-state index is -0.298. The molecule has 26 heavy (non-hydrogen) atoms. The highest BCUT2D eigenvalue weighted by Crippen LogP contribution is 2.31. The van der Waals surface area contributed by atoms with Gasteiger partial charge in [0, 0.05) is 24.1 Å². The van der Waals surface area contributed by atoms with E-state index in [4.69, 9.17) is 0 Å². The topological polar surface area (TPSA) is 62.5 Å². The van der Waals surface area contributed by atoms with Gasteiger partial charge in [-0.15, -0.1) is 0 Å². The number of hydrogen-bond acceptors (Lipinski definition) is 3. The van der Waals surface area contributed by atoms with E-state index in [2.05, 4.69) is 0 Å². The average molecular weight is 343 g/mol. The molecule has 0 saturated heterocycles. The molecule has 0 amide bonds. The number of fused-ring (bicyclic) bond motifs is 1. The molecule has 2 N–H and O–H groups in total. The molecule has 4 heteroatoms. The van der Waals surface area contributed by atoms with E-state index < -0.39 is 0 Å². The molecule has 0 bridgehead atoms. The van der Waals surface area contributed by atoms with Gasteiger partial charge in [0.25, 0.3) is 0 Å². The number of nitrogens with zero attached hydrogens (tertiary/aromatic N) is 1. The maximum absolute atomic E-state index is 12.6. The van der Waals surface area contributed by atoms with Crippen LogP contribution in [0.15, 0.2) is 83.7 Å². The molecule has 0 aliphatic rings. The van der Waals surface area contributed by atoms with E-state index in [1.807, 2.05) is 65.2 Å². The van der Waals surface area contributed by atoms with Crippen molar-refractivity contribution in [1.29, 1.82) is 0 Å². The van der Waals surface area contributed by atoms with Crippen molar-refractivity contribution in [1.82, 2.24) is 4.57 Å². The second-order valence-electron chi connectivity index (χ2n) is 6.19. The number of hydrogen-bond donors (Lipinski definition) is 2. The molecule has 0 spiro atoms. The van der Waals surface area contributed by atoms with Gasteiger partial charge in [-0.3, -0.25) is 4.79 Å². The van der Waals surface area contributed by atoms with Crippen LogP contribution in [-0.2, 0) is 6.54 Å². The van der Waals surface area contributed by atoms with Crippen molar-refractivity contribution >= 4 is 10.9 Å². The molecule has 0 atom stereocenters. The van der Waals surface area contributed by atoms with Crippen molar-refractivity contribution in [3.05, 3.63) is 94.6 Å².